The van der Waals surface area contributed by atoms with Crippen molar-refractivity contribution in [2.75, 3.05) is 26.7 Å². The Morgan fingerprint density at radius 3 is 2.75 bits per heavy atom. The van der Waals surface area contributed by atoms with E-state index >= 15 is 0 Å². The summed E-state index contributed by atoms with van der Waals surface area (Å²) >= 11 is 0. The summed E-state index contributed by atoms with van der Waals surface area (Å²) in [6.45, 7) is 0.985. The zero-order valence-electron chi connectivity index (χ0n) is 7.06. The molecule has 0 aromatic heterocycles. The van der Waals surface area contributed by atoms with Crippen LogP contribution < -0.4 is 5.73 Å². The minimum absolute atomic E-state index is 0.134. The third kappa shape index (κ3) is 1.74. The van der Waals surface area contributed by atoms with E-state index in [1.54, 1.807) is 0 Å². The zero-order valence-corrected chi connectivity index (χ0v) is 7.06. The maximum Gasteiger partial charge on any atom is 0.253 e. The van der Waals surface area contributed by atoms with Crippen molar-refractivity contribution < 1.29 is 14.6 Å². The van der Waals surface area contributed by atoms with Gasteiger partial charge in [0.15, 0.2) is 0 Å². The highest BCUT2D eigenvalue weighted by Gasteiger charge is 2.32. The lowest BCUT2D eigenvalue weighted by Gasteiger charge is -2.37. The average molecular weight is 174 g/mol. The molecule has 0 saturated carbocycles. The molecule has 0 aliphatic carbocycles. The summed E-state index contributed by atoms with van der Waals surface area (Å²) in [5, 5.41) is 8.93. The quantitative estimate of drug-likeness (QED) is 0.527. The van der Waals surface area contributed by atoms with Crippen LogP contribution in [0.5, 0.6) is 0 Å². The zero-order chi connectivity index (χ0) is 9.14. The number of nitrogens with two attached hydrogens (primary N) is 1. The van der Waals surface area contributed by atoms with Gasteiger partial charge in [-0.2, -0.15) is 0 Å². The molecule has 0 bridgehead atoms. The van der Waals surface area contributed by atoms with Crippen molar-refractivity contribution in [3.05, 3.63) is 0 Å². The first-order valence-electron chi connectivity index (χ1n) is 3.88. The molecule has 3 N–H and O–H groups in total. The maximum atomic E-state index is 11.3. The van der Waals surface area contributed by atoms with E-state index in [9.17, 15) is 4.79 Å². The number of nitrogens with zero attached hydrogens (tertiary/aromatic N) is 1. The average Bonchev–Trinajstić information content (AvgIpc) is 2.01. The number of hydrogen-bond acceptors (Lipinski definition) is 4. The standard InChI is InChI=1S/C7H14N2O3/c1-12-6(2-8)7(11)9-3-5(10)4-9/h5-6,10H,2-4,8H2,1H3. The molecule has 1 heterocycles. The predicted octanol–water partition coefficient (Wildman–Crippen LogP) is -1.84. The Morgan fingerprint density at radius 1 is 1.83 bits per heavy atom. The SMILES string of the molecule is COC(CN)C(=O)N1CC(O)C1. The van der Waals surface area contributed by atoms with Crippen molar-refractivity contribution in [2.24, 2.45) is 5.73 Å². The lowest BCUT2D eigenvalue weighted by atomic mass is 10.1. The van der Waals surface area contributed by atoms with E-state index in [0.29, 0.717) is 13.1 Å². The van der Waals surface area contributed by atoms with Crippen LogP contribution in [-0.4, -0.2) is 54.9 Å². The van der Waals surface area contributed by atoms with Gasteiger partial charge in [0.25, 0.3) is 5.91 Å². The molecule has 12 heavy (non-hydrogen) atoms. The molecule has 5 nitrogen and oxygen atoms in total. The highest BCUT2D eigenvalue weighted by atomic mass is 16.5. The maximum absolute atomic E-state index is 11.3. The molecule has 0 radical (unpaired) electrons. The Balaban J connectivity index is 2.36. The number of aliphatic hydroxyl groups excluding tert-OH is 1. The normalized spacial score (nSPS) is 20.4. The van der Waals surface area contributed by atoms with Crippen molar-refractivity contribution in [3.63, 3.8) is 0 Å². The van der Waals surface area contributed by atoms with Crippen LogP contribution in [0.1, 0.15) is 0 Å². The van der Waals surface area contributed by atoms with Crippen LogP contribution in [0.4, 0.5) is 0 Å². The molecule has 1 aliphatic heterocycles. The van der Waals surface area contributed by atoms with Gasteiger partial charge >= 0.3 is 0 Å². The highest BCUT2D eigenvalue weighted by molar-refractivity contribution is 5.82. The summed E-state index contributed by atoms with van der Waals surface area (Å²) in [6.07, 6.45) is -0.929. The van der Waals surface area contributed by atoms with E-state index in [1.165, 1.54) is 12.0 Å². The number of hydrogen-bond donors (Lipinski definition) is 2. The van der Waals surface area contributed by atoms with Crippen molar-refractivity contribution in [2.45, 2.75) is 12.2 Å². The van der Waals surface area contributed by atoms with Crippen molar-refractivity contribution >= 4 is 5.91 Å². The number of methoxy groups -OCH3 is 1. The molecule has 1 atom stereocenters. The van der Waals surface area contributed by atoms with Crippen molar-refractivity contribution in [1.82, 2.24) is 4.90 Å². The predicted molar refractivity (Wildman–Crippen MR) is 42.4 cm³/mol. The first-order valence-corrected chi connectivity index (χ1v) is 3.88. The van der Waals surface area contributed by atoms with E-state index in [2.05, 4.69) is 0 Å². The first-order chi connectivity index (χ1) is 5.69. The fraction of sp³-hybridized carbons (Fsp3) is 0.857. The first kappa shape index (κ1) is 9.44. The van der Waals surface area contributed by atoms with Crippen LogP contribution in [-0.2, 0) is 9.53 Å². The van der Waals surface area contributed by atoms with Gasteiger partial charge in [0, 0.05) is 26.7 Å². The summed E-state index contributed by atoms with van der Waals surface area (Å²) in [5.41, 5.74) is 5.30. The van der Waals surface area contributed by atoms with Crippen molar-refractivity contribution in [3.8, 4) is 0 Å². The van der Waals surface area contributed by atoms with Gasteiger partial charge in [-0.25, -0.2) is 0 Å². The van der Waals surface area contributed by atoms with Gasteiger partial charge in [-0.15, -0.1) is 0 Å². The van der Waals surface area contributed by atoms with Gasteiger partial charge in [-0.1, -0.05) is 0 Å². The van der Waals surface area contributed by atoms with Crippen LogP contribution in [0.15, 0.2) is 0 Å². The highest BCUT2D eigenvalue weighted by Crippen LogP contribution is 2.09. The molecule has 70 valence electrons. The topological polar surface area (TPSA) is 75.8 Å². The van der Waals surface area contributed by atoms with Gasteiger partial charge in [-0.05, 0) is 0 Å². The minimum Gasteiger partial charge on any atom is -0.389 e. The summed E-state index contributed by atoms with van der Waals surface area (Å²) in [6, 6.07) is 0. The number of amides is 1. The third-order valence-corrected chi connectivity index (χ3v) is 1.95. The van der Waals surface area contributed by atoms with Gasteiger partial charge < -0.3 is 20.5 Å². The Bertz CT molecular complexity index is 164. The Hall–Kier alpha value is -0.650. The largest absolute Gasteiger partial charge is 0.389 e. The smallest absolute Gasteiger partial charge is 0.253 e. The molecular formula is C7H14N2O3. The second-order valence-corrected chi connectivity index (χ2v) is 2.86. The lowest BCUT2D eigenvalue weighted by molar-refractivity contribution is -0.151. The molecule has 5 heteroatoms. The van der Waals surface area contributed by atoms with Gasteiger partial charge in [0.1, 0.15) is 6.10 Å². The number of carbonyl (C=O) groups excluding carboxylic acids is 1. The van der Waals surface area contributed by atoms with E-state index in [-0.39, 0.29) is 18.6 Å². The number of β-amino-alcohol motifs (C(OH)–C–C–N with tert-alkyl or cyclic N) is 1. The second-order valence-electron chi connectivity index (χ2n) is 2.86. The summed E-state index contributed by atoms with van der Waals surface area (Å²) < 4.78 is 4.86. The summed E-state index contributed by atoms with van der Waals surface area (Å²) in [4.78, 5) is 12.9. The molecule has 1 amide bonds. The molecule has 0 aromatic carbocycles. The van der Waals surface area contributed by atoms with Crippen LogP contribution in [0.25, 0.3) is 0 Å². The van der Waals surface area contributed by atoms with E-state index in [4.69, 9.17) is 15.6 Å². The molecule has 0 spiro atoms. The van der Waals surface area contributed by atoms with Gasteiger partial charge in [0.05, 0.1) is 6.10 Å². The number of carbonyl (C=O) groups is 1. The molecule has 1 fully saturated rings. The Kier molecular flexibility index (Phi) is 3.02. The number of rotatable bonds is 3. The van der Waals surface area contributed by atoms with Crippen molar-refractivity contribution in [1.29, 1.82) is 0 Å². The third-order valence-electron chi connectivity index (χ3n) is 1.95. The van der Waals surface area contributed by atoms with Crippen LogP contribution in [0.2, 0.25) is 0 Å². The number of ether oxygens (including phenoxy) is 1. The van der Waals surface area contributed by atoms with Crippen LogP contribution in [0, 0.1) is 0 Å². The summed E-state index contributed by atoms with van der Waals surface area (Å²) in [7, 11) is 1.45. The molecule has 1 aliphatic rings. The second kappa shape index (κ2) is 3.84. The fourth-order valence-corrected chi connectivity index (χ4v) is 1.14. The molecular weight excluding hydrogens is 160 g/mol. The number of aliphatic hydroxyl groups is 1. The van der Waals surface area contributed by atoms with E-state index in [1.807, 2.05) is 0 Å². The summed E-state index contributed by atoms with van der Waals surface area (Å²) in [5.74, 6) is -0.134. The van der Waals surface area contributed by atoms with Crippen LogP contribution in [0.3, 0.4) is 0 Å². The van der Waals surface area contributed by atoms with E-state index < -0.39 is 6.10 Å². The fourth-order valence-electron chi connectivity index (χ4n) is 1.14. The number of likely N-dealkylation sites (tertiary alicyclic amines) is 1. The van der Waals surface area contributed by atoms with E-state index in [0.717, 1.165) is 0 Å². The molecule has 0 aromatic rings. The van der Waals surface area contributed by atoms with Gasteiger partial charge in [-0.3, -0.25) is 4.79 Å². The Labute approximate surface area is 71.1 Å². The minimum atomic E-state index is -0.558. The Morgan fingerprint density at radius 2 is 2.42 bits per heavy atom. The molecule has 1 saturated heterocycles. The van der Waals surface area contributed by atoms with Crippen LogP contribution >= 0.6 is 0 Å². The lowest BCUT2D eigenvalue weighted by Crippen LogP contribution is -2.57. The molecule has 1 rings (SSSR count). The molecule has 1 unspecified atom stereocenters. The van der Waals surface area contributed by atoms with Gasteiger partial charge in [0.2, 0.25) is 0 Å². The monoisotopic (exact) mass is 174 g/mol.